The van der Waals surface area contributed by atoms with Crippen molar-refractivity contribution in [3.8, 4) is 10.6 Å². The largest absolute Gasteiger partial charge is 0.382 e. The lowest BCUT2D eigenvalue weighted by Crippen LogP contribution is -2.24. The molecule has 2 N–H and O–H groups in total. The topological polar surface area (TPSA) is 55.0 Å². The fraction of sp³-hybridized carbons (Fsp3) is 0.538. The van der Waals surface area contributed by atoms with E-state index in [2.05, 4.69) is 33.5 Å². The van der Waals surface area contributed by atoms with Gasteiger partial charge in [-0.1, -0.05) is 13.8 Å². The van der Waals surface area contributed by atoms with Gasteiger partial charge in [0.15, 0.2) is 0 Å². The van der Waals surface area contributed by atoms with E-state index >= 15 is 0 Å². The van der Waals surface area contributed by atoms with Crippen molar-refractivity contribution < 1.29 is 0 Å². The van der Waals surface area contributed by atoms with E-state index in [4.69, 9.17) is 5.73 Å². The second-order valence-electron chi connectivity index (χ2n) is 4.53. The molecule has 0 saturated carbocycles. The molecule has 0 bridgehead atoms. The van der Waals surface area contributed by atoms with Crippen LogP contribution >= 0.6 is 22.9 Å². The van der Waals surface area contributed by atoms with E-state index in [9.17, 15) is 0 Å². The Hall–Kier alpha value is -1.14. The van der Waals surface area contributed by atoms with Crippen LogP contribution in [0.1, 0.15) is 32.4 Å². The Labute approximate surface area is 122 Å². The van der Waals surface area contributed by atoms with Gasteiger partial charge in [0.25, 0.3) is 0 Å². The van der Waals surface area contributed by atoms with Gasteiger partial charge in [-0.05, 0) is 31.3 Å². The molecule has 0 radical (unpaired) electrons. The van der Waals surface area contributed by atoms with Crippen LogP contribution in [-0.4, -0.2) is 22.4 Å². The van der Waals surface area contributed by atoms with E-state index in [1.54, 1.807) is 11.3 Å². The number of hydrogen-bond acceptors (Lipinski definition) is 6. The molecular formula is C13H20N4S2. The van der Waals surface area contributed by atoms with E-state index in [-0.39, 0.29) is 0 Å². The fourth-order valence-electron chi connectivity index (χ4n) is 2.03. The smallest absolute Gasteiger partial charge is 0.149 e. The lowest BCUT2D eigenvalue weighted by Gasteiger charge is -2.22. The van der Waals surface area contributed by atoms with E-state index < -0.39 is 0 Å². The third-order valence-electron chi connectivity index (χ3n) is 2.81. The van der Waals surface area contributed by atoms with E-state index in [1.165, 1.54) is 11.5 Å². The minimum Gasteiger partial charge on any atom is -0.382 e. The first-order valence-electron chi connectivity index (χ1n) is 6.59. The first-order chi connectivity index (χ1) is 9.17. The van der Waals surface area contributed by atoms with Crippen LogP contribution in [0.3, 0.4) is 0 Å². The second kappa shape index (κ2) is 6.34. The molecule has 2 aromatic rings. The molecule has 2 heterocycles. The highest BCUT2D eigenvalue weighted by Crippen LogP contribution is 2.40. The summed E-state index contributed by atoms with van der Waals surface area (Å²) in [6.07, 6.45) is 2.24. The highest BCUT2D eigenvalue weighted by Gasteiger charge is 2.20. The maximum Gasteiger partial charge on any atom is 0.149 e. The number of thiazole rings is 1. The average Bonchev–Trinajstić information content (AvgIpc) is 2.95. The number of aromatic nitrogens is 2. The third-order valence-corrected chi connectivity index (χ3v) is 4.71. The predicted molar refractivity (Wildman–Crippen MR) is 85.2 cm³/mol. The van der Waals surface area contributed by atoms with Crippen molar-refractivity contribution in [1.29, 1.82) is 0 Å². The van der Waals surface area contributed by atoms with Crippen LogP contribution in [0, 0.1) is 6.92 Å². The third kappa shape index (κ3) is 3.06. The molecule has 2 aromatic heterocycles. The van der Waals surface area contributed by atoms with Gasteiger partial charge in [-0.2, -0.15) is 4.37 Å². The summed E-state index contributed by atoms with van der Waals surface area (Å²) in [7, 11) is 0. The zero-order valence-electron chi connectivity index (χ0n) is 11.6. The van der Waals surface area contributed by atoms with Gasteiger partial charge >= 0.3 is 0 Å². The van der Waals surface area contributed by atoms with Gasteiger partial charge in [0.1, 0.15) is 15.8 Å². The van der Waals surface area contributed by atoms with Gasteiger partial charge in [0.2, 0.25) is 0 Å². The van der Waals surface area contributed by atoms with Gasteiger partial charge in [0.05, 0.1) is 5.56 Å². The van der Waals surface area contributed by atoms with Gasteiger partial charge < -0.3 is 10.6 Å². The molecule has 6 heteroatoms. The Bertz CT molecular complexity index is 526. The zero-order valence-corrected chi connectivity index (χ0v) is 13.3. The summed E-state index contributed by atoms with van der Waals surface area (Å²) in [6.45, 7) is 8.46. The molecule has 0 aliphatic heterocycles. The maximum atomic E-state index is 6.05. The Kier molecular flexibility index (Phi) is 4.76. The Balaban J connectivity index is 2.40. The van der Waals surface area contributed by atoms with Crippen LogP contribution < -0.4 is 10.6 Å². The molecule has 0 spiro atoms. The van der Waals surface area contributed by atoms with Gasteiger partial charge in [0, 0.05) is 24.2 Å². The molecule has 0 amide bonds. The molecule has 0 atom stereocenters. The molecule has 0 unspecified atom stereocenters. The van der Waals surface area contributed by atoms with Crippen LogP contribution in [0.15, 0.2) is 5.38 Å². The summed E-state index contributed by atoms with van der Waals surface area (Å²) in [4.78, 5) is 6.93. The number of anilines is 2. The maximum absolute atomic E-state index is 6.05. The van der Waals surface area contributed by atoms with Crippen molar-refractivity contribution in [3.05, 3.63) is 11.1 Å². The van der Waals surface area contributed by atoms with E-state index in [0.29, 0.717) is 5.82 Å². The summed E-state index contributed by atoms with van der Waals surface area (Å²) < 4.78 is 4.33. The van der Waals surface area contributed by atoms with Crippen molar-refractivity contribution in [2.75, 3.05) is 23.7 Å². The Morgan fingerprint density at radius 2 is 1.95 bits per heavy atom. The molecule has 104 valence electrons. The standard InChI is InChI=1S/C13H20N4S2/c1-4-6-17(7-5-2)13-10(11(14)16-19-13)12-15-9(3)8-18-12/h8H,4-7H2,1-3H3,(H2,14,16). The summed E-state index contributed by atoms with van der Waals surface area (Å²) in [5.74, 6) is 0.603. The van der Waals surface area contributed by atoms with Crippen LogP contribution in [0.2, 0.25) is 0 Å². The minimum atomic E-state index is 0.603. The Morgan fingerprint density at radius 1 is 1.26 bits per heavy atom. The molecule has 2 rings (SSSR count). The number of hydrogen-bond donors (Lipinski definition) is 1. The van der Waals surface area contributed by atoms with Crippen LogP contribution in [0.25, 0.3) is 10.6 Å². The van der Waals surface area contributed by atoms with Gasteiger partial charge in [-0.15, -0.1) is 11.3 Å². The molecule has 19 heavy (non-hydrogen) atoms. The summed E-state index contributed by atoms with van der Waals surface area (Å²) in [5, 5.41) is 4.20. The van der Waals surface area contributed by atoms with E-state index in [1.807, 2.05) is 6.92 Å². The quantitative estimate of drug-likeness (QED) is 0.881. The molecule has 0 aliphatic rings. The normalized spacial score (nSPS) is 10.9. The lowest BCUT2D eigenvalue weighted by atomic mass is 10.2. The molecular weight excluding hydrogens is 276 g/mol. The highest BCUT2D eigenvalue weighted by atomic mass is 32.1. The number of nitrogen functional groups attached to an aromatic ring is 1. The van der Waals surface area contributed by atoms with Crippen LogP contribution in [-0.2, 0) is 0 Å². The van der Waals surface area contributed by atoms with Crippen LogP contribution in [0.5, 0.6) is 0 Å². The minimum absolute atomic E-state index is 0.603. The van der Waals surface area contributed by atoms with Crippen molar-refractivity contribution in [2.24, 2.45) is 0 Å². The van der Waals surface area contributed by atoms with Crippen LogP contribution in [0.4, 0.5) is 10.8 Å². The first-order valence-corrected chi connectivity index (χ1v) is 8.25. The molecule has 4 nitrogen and oxygen atoms in total. The number of rotatable bonds is 6. The van der Waals surface area contributed by atoms with Crippen molar-refractivity contribution >= 4 is 33.7 Å². The summed E-state index contributed by atoms with van der Waals surface area (Å²) in [5.41, 5.74) is 8.11. The number of nitrogens with two attached hydrogens (primary N) is 1. The lowest BCUT2D eigenvalue weighted by molar-refractivity contribution is 0.751. The monoisotopic (exact) mass is 296 g/mol. The molecule has 0 aromatic carbocycles. The van der Waals surface area contributed by atoms with Crippen molar-refractivity contribution in [3.63, 3.8) is 0 Å². The summed E-state index contributed by atoms with van der Waals surface area (Å²) >= 11 is 3.12. The van der Waals surface area contributed by atoms with E-state index in [0.717, 1.165) is 47.2 Å². The Morgan fingerprint density at radius 3 is 2.47 bits per heavy atom. The number of aryl methyl sites for hydroxylation is 1. The first kappa shape index (κ1) is 14.3. The fourth-order valence-corrected chi connectivity index (χ4v) is 3.82. The second-order valence-corrected chi connectivity index (χ2v) is 6.14. The highest BCUT2D eigenvalue weighted by molar-refractivity contribution is 7.15. The molecule has 0 aliphatic carbocycles. The predicted octanol–water partition coefficient (Wildman–Crippen LogP) is 3.78. The van der Waals surface area contributed by atoms with Crippen molar-refractivity contribution in [2.45, 2.75) is 33.6 Å². The molecule has 0 fully saturated rings. The SMILES string of the molecule is CCCN(CCC)c1snc(N)c1-c1nc(C)cs1. The number of nitrogens with zero attached hydrogens (tertiary/aromatic N) is 3. The summed E-state index contributed by atoms with van der Waals surface area (Å²) in [6, 6.07) is 0. The van der Waals surface area contributed by atoms with Gasteiger partial charge in [-0.25, -0.2) is 4.98 Å². The van der Waals surface area contributed by atoms with Gasteiger partial charge in [-0.3, -0.25) is 0 Å². The average molecular weight is 296 g/mol. The zero-order chi connectivity index (χ0) is 13.8. The van der Waals surface area contributed by atoms with Crippen molar-refractivity contribution in [1.82, 2.24) is 9.36 Å². The molecule has 0 saturated heterocycles.